The molecule has 0 radical (unpaired) electrons. The van der Waals surface area contributed by atoms with Crippen molar-refractivity contribution in [3.8, 4) is 0 Å². The Labute approximate surface area is 268 Å². The highest BCUT2D eigenvalue weighted by Gasteiger charge is 2.62. The van der Waals surface area contributed by atoms with E-state index in [1.165, 1.54) is 32.1 Å². The van der Waals surface area contributed by atoms with E-state index in [2.05, 4.69) is 31.4 Å². The van der Waals surface area contributed by atoms with Gasteiger partial charge >= 0.3 is 10.4 Å². The molecule has 0 bridgehead atoms. The number of nitrogens with two attached hydrogens (primary N) is 1. The van der Waals surface area contributed by atoms with Gasteiger partial charge in [-0.15, -0.1) is 0 Å². The topological polar surface area (TPSA) is 154 Å². The summed E-state index contributed by atoms with van der Waals surface area (Å²) in [6.45, 7) is 12.8. The molecule has 10 heteroatoms. The summed E-state index contributed by atoms with van der Waals surface area (Å²) >= 11 is 0. The molecule has 4 rings (SSSR count). The van der Waals surface area contributed by atoms with Crippen LogP contribution in [0.3, 0.4) is 0 Å². The molecule has 4 saturated carbocycles. The van der Waals surface area contributed by atoms with E-state index in [1.54, 1.807) is 6.92 Å². The third kappa shape index (κ3) is 8.38. The first-order valence-corrected chi connectivity index (χ1v) is 19.3. The van der Waals surface area contributed by atoms with E-state index in [-0.39, 0.29) is 24.0 Å². The maximum atomic E-state index is 11.8. The SMILES string of the molecule is CC(CO)C(CCC(C)[C@H]1CCC2C3C(O)C[C@H]4C[C@@H](NCCCNCCCCN)CC[C@]4(C)C3CC[C@@]21C)OS(=O)(=O)O. The van der Waals surface area contributed by atoms with Crippen LogP contribution in [0.4, 0.5) is 0 Å². The molecule has 4 aliphatic rings. The summed E-state index contributed by atoms with van der Waals surface area (Å²) in [6, 6.07) is 0.557. The van der Waals surface area contributed by atoms with Gasteiger partial charge in [0.2, 0.25) is 0 Å². The zero-order valence-electron chi connectivity index (χ0n) is 28.1. The molecule has 7 unspecified atom stereocenters. The molecule has 0 saturated heterocycles. The fraction of sp³-hybridized carbons (Fsp3) is 1.00. The minimum atomic E-state index is -4.57. The smallest absolute Gasteiger partial charge is 0.396 e. The lowest BCUT2D eigenvalue weighted by atomic mass is 9.43. The van der Waals surface area contributed by atoms with Crippen LogP contribution in [0.5, 0.6) is 0 Å². The van der Waals surface area contributed by atoms with Gasteiger partial charge in [0.05, 0.1) is 12.2 Å². The van der Waals surface area contributed by atoms with Crippen molar-refractivity contribution in [2.75, 3.05) is 32.8 Å². The van der Waals surface area contributed by atoms with Crippen molar-refractivity contribution < 1.29 is 27.4 Å². The van der Waals surface area contributed by atoms with E-state index in [0.29, 0.717) is 53.4 Å². The number of hydrogen-bond acceptors (Lipinski definition) is 8. The van der Waals surface area contributed by atoms with E-state index in [0.717, 1.165) is 71.1 Å². The Hall–Kier alpha value is -0.330. The maximum absolute atomic E-state index is 11.8. The highest BCUT2D eigenvalue weighted by atomic mass is 32.3. The number of hydrogen-bond donors (Lipinski definition) is 6. The Kier molecular flexibility index (Phi) is 13.0. The van der Waals surface area contributed by atoms with Crippen LogP contribution in [-0.2, 0) is 14.6 Å². The van der Waals surface area contributed by atoms with Crippen molar-refractivity contribution in [1.29, 1.82) is 0 Å². The van der Waals surface area contributed by atoms with E-state index >= 15 is 0 Å². The Bertz CT molecular complexity index is 1000. The summed E-state index contributed by atoms with van der Waals surface area (Å²) in [4.78, 5) is 0. The molecule has 0 aromatic heterocycles. The van der Waals surface area contributed by atoms with Gasteiger partial charge in [0.15, 0.2) is 0 Å². The molecule has 4 fully saturated rings. The summed E-state index contributed by atoms with van der Waals surface area (Å²) in [5.41, 5.74) is 6.05. The van der Waals surface area contributed by atoms with Crippen LogP contribution in [0, 0.1) is 52.3 Å². The highest BCUT2D eigenvalue weighted by Crippen LogP contribution is 2.68. The lowest BCUT2D eigenvalue weighted by molar-refractivity contribution is -0.167. The summed E-state index contributed by atoms with van der Waals surface area (Å²) in [6.07, 6.45) is 13.0. The van der Waals surface area contributed by atoms with E-state index in [4.69, 9.17) is 9.92 Å². The number of rotatable bonds is 17. The average Bonchev–Trinajstić information content (AvgIpc) is 3.33. The van der Waals surface area contributed by atoms with Crippen molar-refractivity contribution in [2.24, 2.45) is 58.0 Å². The number of aliphatic hydroxyl groups excluding tert-OH is 2. The molecular weight excluding hydrogens is 578 g/mol. The standard InChI is InChI=1S/C34H65N3O6S/c1-23(8-11-31(24(2)22-38)43-44(40,41)42)27-9-10-28-32-29(13-15-34(27,28)4)33(3)14-12-26(20-25(33)21-30(32)39)37-19-7-18-36-17-6-5-16-35/h23-32,36-39H,5-22,35H2,1-4H3,(H,40,41,42)/t23?,24?,25-,26+,27-,28?,29?,30?,31?,32?,33+,34-/m1/s1. The van der Waals surface area contributed by atoms with Crippen LogP contribution in [0.2, 0.25) is 0 Å². The van der Waals surface area contributed by atoms with Crippen molar-refractivity contribution >= 4 is 10.4 Å². The van der Waals surface area contributed by atoms with Crippen molar-refractivity contribution in [3.63, 3.8) is 0 Å². The van der Waals surface area contributed by atoms with Crippen LogP contribution in [0.1, 0.15) is 111 Å². The first-order valence-electron chi connectivity index (χ1n) is 17.9. The molecule has 44 heavy (non-hydrogen) atoms. The van der Waals surface area contributed by atoms with E-state index in [1.807, 2.05) is 0 Å². The monoisotopic (exact) mass is 643 g/mol. The highest BCUT2D eigenvalue weighted by molar-refractivity contribution is 7.80. The summed E-state index contributed by atoms with van der Waals surface area (Å²) < 4.78 is 37.1. The van der Waals surface area contributed by atoms with Crippen LogP contribution in [-0.4, -0.2) is 74.2 Å². The number of unbranched alkanes of at least 4 members (excludes halogenated alkanes) is 1. The third-order valence-electron chi connectivity index (χ3n) is 13.3. The lowest BCUT2D eigenvalue weighted by Crippen LogP contribution is -2.59. The van der Waals surface area contributed by atoms with Crippen LogP contribution in [0.25, 0.3) is 0 Å². The average molecular weight is 644 g/mol. The van der Waals surface area contributed by atoms with E-state index < -0.39 is 16.5 Å². The Morgan fingerprint density at radius 3 is 2.34 bits per heavy atom. The van der Waals surface area contributed by atoms with Crippen LogP contribution < -0.4 is 16.4 Å². The minimum absolute atomic E-state index is 0.171. The zero-order valence-corrected chi connectivity index (χ0v) is 28.9. The molecule has 0 aliphatic heterocycles. The molecule has 12 atom stereocenters. The predicted octanol–water partition coefficient (Wildman–Crippen LogP) is 4.53. The van der Waals surface area contributed by atoms with Crippen molar-refractivity contribution in [1.82, 2.24) is 10.6 Å². The van der Waals surface area contributed by atoms with Gasteiger partial charge in [-0.3, -0.25) is 4.55 Å². The second-order valence-corrected chi connectivity index (χ2v) is 16.9. The normalized spacial score (nSPS) is 39.2. The van der Waals surface area contributed by atoms with Crippen LogP contribution in [0.15, 0.2) is 0 Å². The van der Waals surface area contributed by atoms with Gasteiger partial charge in [-0.05, 0) is 156 Å². The molecule has 0 heterocycles. The first kappa shape index (κ1) is 36.5. The molecule has 258 valence electrons. The predicted molar refractivity (Wildman–Crippen MR) is 175 cm³/mol. The summed E-state index contributed by atoms with van der Waals surface area (Å²) in [7, 11) is -4.57. The fourth-order valence-electron chi connectivity index (χ4n) is 10.8. The second-order valence-electron chi connectivity index (χ2n) is 15.8. The van der Waals surface area contributed by atoms with Gasteiger partial charge in [0, 0.05) is 18.6 Å². The quantitative estimate of drug-likeness (QED) is 0.0991. The Balaban J connectivity index is 1.32. The van der Waals surface area contributed by atoms with Crippen molar-refractivity contribution in [2.45, 2.75) is 129 Å². The van der Waals surface area contributed by atoms with Gasteiger partial charge in [0.25, 0.3) is 0 Å². The molecule has 0 aromatic carbocycles. The number of aliphatic hydroxyl groups is 2. The summed E-state index contributed by atoms with van der Waals surface area (Å²) in [5.74, 6) is 2.55. The molecule has 9 nitrogen and oxygen atoms in total. The minimum Gasteiger partial charge on any atom is -0.396 e. The lowest BCUT2D eigenvalue weighted by Gasteiger charge is -2.62. The Morgan fingerprint density at radius 2 is 1.64 bits per heavy atom. The number of nitrogens with one attached hydrogen (secondary N) is 2. The van der Waals surface area contributed by atoms with Crippen LogP contribution >= 0.6 is 0 Å². The third-order valence-corrected chi connectivity index (χ3v) is 13.8. The largest absolute Gasteiger partial charge is 0.397 e. The number of fused-ring (bicyclic) bond motifs is 5. The zero-order chi connectivity index (χ0) is 32.1. The second kappa shape index (κ2) is 15.7. The first-order chi connectivity index (χ1) is 20.8. The fourth-order valence-corrected chi connectivity index (χ4v) is 11.4. The van der Waals surface area contributed by atoms with Gasteiger partial charge in [-0.25, -0.2) is 4.18 Å². The molecule has 0 aromatic rings. The summed E-state index contributed by atoms with van der Waals surface area (Å²) in [5, 5.41) is 28.8. The molecule has 0 spiro atoms. The molecule has 4 aliphatic carbocycles. The maximum Gasteiger partial charge on any atom is 0.397 e. The van der Waals surface area contributed by atoms with Gasteiger partial charge in [0.1, 0.15) is 0 Å². The Morgan fingerprint density at radius 1 is 0.932 bits per heavy atom. The van der Waals surface area contributed by atoms with E-state index in [9.17, 15) is 23.2 Å². The van der Waals surface area contributed by atoms with Gasteiger partial charge in [-0.1, -0.05) is 27.7 Å². The van der Waals surface area contributed by atoms with Crippen molar-refractivity contribution in [3.05, 3.63) is 0 Å². The molecule has 0 amide bonds. The van der Waals surface area contributed by atoms with Gasteiger partial charge < -0.3 is 26.6 Å². The van der Waals surface area contributed by atoms with Gasteiger partial charge in [-0.2, -0.15) is 8.42 Å². The molecular formula is C34H65N3O6S. The molecule has 7 N–H and O–H groups in total.